The molecule has 1 saturated carbocycles. The fourth-order valence-electron chi connectivity index (χ4n) is 1.83. The molecule has 0 bridgehead atoms. The number of aryl methyl sites for hydroxylation is 1. The molecule has 1 aromatic carbocycles. The van der Waals surface area contributed by atoms with Crippen molar-refractivity contribution in [1.29, 1.82) is 0 Å². The van der Waals surface area contributed by atoms with Gasteiger partial charge in [-0.25, -0.2) is 4.63 Å². The number of thioether (sulfide) groups is 1. The van der Waals surface area contributed by atoms with Crippen LogP contribution < -0.4 is 5.32 Å². The summed E-state index contributed by atoms with van der Waals surface area (Å²) in [6.45, 7) is 2.88. The zero-order valence-electron chi connectivity index (χ0n) is 10.9. The Kier molecular flexibility index (Phi) is 3.84. The lowest BCUT2D eigenvalue weighted by molar-refractivity contribution is 0.302. The van der Waals surface area contributed by atoms with Gasteiger partial charge in [-0.1, -0.05) is 22.4 Å². The summed E-state index contributed by atoms with van der Waals surface area (Å²) in [6, 6.07) is 9.40. The van der Waals surface area contributed by atoms with E-state index in [-0.39, 0.29) is 0 Å². The molecule has 0 atom stereocenters. The van der Waals surface area contributed by atoms with Crippen LogP contribution in [0.4, 0.5) is 0 Å². The Hall–Kier alpha value is -1.33. The second kappa shape index (κ2) is 5.75. The van der Waals surface area contributed by atoms with Crippen molar-refractivity contribution in [3.05, 3.63) is 41.2 Å². The van der Waals surface area contributed by atoms with E-state index in [0.717, 1.165) is 29.7 Å². The van der Waals surface area contributed by atoms with Gasteiger partial charge in [0, 0.05) is 23.2 Å². The molecule has 3 rings (SSSR count). The van der Waals surface area contributed by atoms with Gasteiger partial charge in [-0.2, -0.15) is 0 Å². The van der Waals surface area contributed by atoms with E-state index >= 15 is 0 Å². The van der Waals surface area contributed by atoms with Crippen LogP contribution in [-0.2, 0) is 12.3 Å². The van der Waals surface area contributed by atoms with Crippen molar-refractivity contribution in [2.75, 3.05) is 0 Å². The molecule has 4 nitrogen and oxygen atoms in total. The van der Waals surface area contributed by atoms with Gasteiger partial charge in [-0.15, -0.1) is 11.8 Å². The van der Waals surface area contributed by atoms with E-state index in [4.69, 9.17) is 4.63 Å². The van der Waals surface area contributed by atoms with Gasteiger partial charge in [0.25, 0.3) is 0 Å². The molecule has 1 N–H and O–H groups in total. The van der Waals surface area contributed by atoms with Crippen molar-refractivity contribution in [3.63, 3.8) is 0 Å². The van der Waals surface area contributed by atoms with Crippen LogP contribution in [0.1, 0.15) is 29.8 Å². The van der Waals surface area contributed by atoms with Crippen molar-refractivity contribution in [2.45, 2.75) is 43.0 Å². The number of hydrogen-bond acceptors (Lipinski definition) is 5. The second-order valence-electron chi connectivity index (χ2n) is 4.89. The first kappa shape index (κ1) is 12.7. The van der Waals surface area contributed by atoms with Gasteiger partial charge < -0.3 is 5.32 Å². The van der Waals surface area contributed by atoms with Crippen LogP contribution in [0, 0.1) is 6.92 Å². The normalized spacial score (nSPS) is 14.8. The maximum Gasteiger partial charge on any atom is 0.118 e. The molecular weight excluding hydrogens is 258 g/mol. The largest absolute Gasteiger partial charge is 0.310 e. The SMILES string of the molecule is Cc1nonc1CSc1cccc(CNC2CC2)c1. The molecule has 2 aromatic rings. The summed E-state index contributed by atoms with van der Waals surface area (Å²) in [4.78, 5) is 1.26. The summed E-state index contributed by atoms with van der Waals surface area (Å²) in [6.07, 6.45) is 2.65. The predicted molar refractivity (Wildman–Crippen MR) is 74.9 cm³/mol. The van der Waals surface area contributed by atoms with Crippen LogP contribution in [0.5, 0.6) is 0 Å². The summed E-state index contributed by atoms with van der Waals surface area (Å²) in [5.41, 5.74) is 3.14. The van der Waals surface area contributed by atoms with Crippen molar-refractivity contribution in [3.8, 4) is 0 Å². The molecular formula is C14H17N3OS. The number of aromatic nitrogens is 2. The van der Waals surface area contributed by atoms with E-state index < -0.39 is 0 Å². The predicted octanol–water partition coefficient (Wildman–Crippen LogP) is 2.92. The number of benzene rings is 1. The number of rotatable bonds is 6. The molecule has 0 aliphatic heterocycles. The van der Waals surface area contributed by atoms with E-state index in [1.807, 2.05) is 6.92 Å². The van der Waals surface area contributed by atoms with E-state index in [1.165, 1.54) is 23.3 Å². The van der Waals surface area contributed by atoms with E-state index in [1.54, 1.807) is 11.8 Å². The van der Waals surface area contributed by atoms with Crippen LogP contribution >= 0.6 is 11.8 Å². The summed E-state index contributed by atoms with van der Waals surface area (Å²) in [7, 11) is 0. The van der Waals surface area contributed by atoms with Crippen molar-refractivity contribution < 1.29 is 4.63 Å². The first-order chi connectivity index (χ1) is 9.31. The van der Waals surface area contributed by atoms with Crippen LogP contribution in [0.25, 0.3) is 0 Å². The molecule has 0 unspecified atom stereocenters. The Balaban J connectivity index is 1.57. The minimum absolute atomic E-state index is 0.750. The summed E-state index contributed by atoms with van der Waals surface area (Å²) < 4.78 is 4.71. The van der Waals surface area contributed by atoms with Gasteiger partial charge in [-0.3, -0.25) is 0 Å². The lowest BCUT2D eigenvalue weighted by atomic mass is 10.2. The van der Waals surface area contributed by atoms with Crippen LogP contribution in [0.2, 0.25) is 0 Å². The fraction of sp³-hybridized carbons (Fsp3) is 0.429. The van der Waals surface area contributed by atoms with Crippen LogP contribution in [-0.4, -0.2) is 16.4 Å². The Bertz CT molecular complexity index is 551. The minimum atomic E-state index is 0.750. The minimum Gasteiger partial charge on any atom is -0.310 e. The third kappa shape index (κ3) is 3.58. The van der Waals surface area contributed by atoms with Crippen molar-refractivity contribution in [2.24, 2.45) is 0 Å². The number of hydrogen-bond donors (Lipinski definition) is 1. The molecule has 1 aliphatic carbocycles. The number of nitrogens with one attached hydrogen (secondary N) is 1. The van der Waals surface area contributed by atoms with Gasteiger partial charge in [0.15, 0.2) is 0 Å². The van der Waals surface area contributed by atoms with Gasteiger partial charge in [-0.05, 0) is 37.5 Å². The summed E-state index contributed by atoms with van der Waals surface area (Å²) in [5.74, 6) is 0.800. The highest BCUT2D eigenvalue weighted by atomic mass is 32.2. The Morgan fingerprint density at radius 3 is 3.00 bits per heavy atom. The molecule has 1 heterocycles. The molecule has 1 aliphatic rings. The maximum atomic E-state index is 4.71. The maximum absolute atomic E-state index is 4.71. The summed E-state index contributed by atoms with van der Waals surface area (Å²) in [5, 5.41) is 11.2. The van der Waals surface area contributed by atoms with Crippen molar-refractivity contribution in [1.82, 2.24) is 15.6 Å². The Morgan fingerprint density at radius 1 is 1.37 bits per heavy atom. The molecule has 0 radical (unpaired) electrons. The summed E-state index contributed by atoms with van der Waals surface area (Å²) >= 11 is 1.77. The van der Waals surface area contributed by atoms with Gasteiger partial charge >= 0.3 is 0 Å². The smallest absolute Gasteiger partial charge is 0.118 e. The second-order valence-corrected chi connectivity index (χ2v) is 5.94. The van der Waals surface area contributed by atoms with Crippen molar-refractivity contribution >= 4 is 11.8 Å². The highest BCUT2D eigenvalue weighted by molar-refractivity contribution is 7.98. The van der Waals surface area contributed by atoms with E-state index in [2.05, 4.69) is 39.9 Å². The fourth-order valence-corrected chi connectivity index (χ4v) is 2.80. The zero-order valence-corrected chi connectivity index (χ0v) is 11.7. The quantitative estimate of drug-likeness (QED) is 0.821. The first-order valence-electron chi connectivity index (χ1n) is 6.54. The molecule has 1 aromatic heterocycles. The van der Waals surface area contributed by atoms with Gasteiger partial charge in [0.2, 0.25) is 0 Å². The Morgan fingerprint density at radius 2 is 2.26 bits per heavy atom. The number of nitrogens with zero attached hydrogens (tertiary/aromatic N) is 2. The molecule has 1 fully saturated rings. The van der Waals surface area contributed by atoms with Gasteiger partial charge in [0.05, 0.1) is 0 Å². The molecule has 5 heteroatoms. The third-order valence-electron chi connectivity index (χ3n) is 3.19. The average Bonchev–Trinajstić information content (AvgIpc) is 3.17. The third-order valence-corrected chi connectivity index (χ3v) is 4.20. The monoisotopic (exact) mass is 275 g/mol. The van der Waals surface area contributed by atoms with Crippen LogP contribution in [0.3, 0.4) is 0 Å². The average molecular weight is 275 g/mol. The molecule has 0 amide bonds. The first-order valence-corrected chi connectivity index (χ1v) is 7.53. The molecule has 100 valence electrons. The van der Waals surface area contributed by atoms with E-state index in [9.17, 15) is 0 Å². The van der Waals surface area contributed by atoms with Crippen LogP contribution in [0.15, 0.2) is 33.8 Å². The molecule has 0 spiro atoms. The Labute approximate surface area is 116 Å². The van der Waals surface area contributed by atoms with E-state index in [0.29, 0.717) is 0 Å². The van der Waals surface area contributed by atoms with Gasteiger partial charge in [0.1, 0.15) is 11.4 Å². The topological polar surface area (TPSA) is 51.0 Å². The lowest BCUT2D eigenvalue weighted by Crippen LogP contribution is -2.15. The highest BCUT2D eigenvalue weighted by Gasteiger charge is 2.19. The lowest BCUT2D eigenvalue weighted by Gasteiger charge is -2.05. The molecule has 0 saturated heterocycles. The standard InChI is InChI=1S/C14H17N3OS/c1-10-14(17-18-16-10)9-19-13-4-2-3-11(7-13)8-15-12-5-6-12/h2-4,7,12,15H,5-6,8-9H2,1H3. The highest BCUT2D eigenvalue weighted by Crippen LogP contribution is 2.24. The zero-order chi connectivity index (χ0) is 13.1. The molecule has 19 heavy (non-hydrogen) atoms.